The first-order valence-corrected chi connectivity index (χ1v) is 8.20. The molecule has 1 aromatic heterocycles. The number of methoxy groups -OCH3 is 2. The van der Waals surface area contributed by atoms with Crippen LogP contribution in [-0.2, 0) is 0 Å². The van der Waals surface area contributed by atoms with E-state index in [1.54, 1.807) is 38.5 Å². The van der Waals surface area contributed by atoms with Gasteiger partial charge in [-0.3, -0.25) is 4.79 Å². The quantitative estimate of drug-likeness (QED) is 0.588. The number of anilines is 3. The number of hydrogen-bond acceptors (Lipinski definition) is 8. The van der Waals surface area contributed by atoms with Gasteiger partial charge in [-0.2, -0.15) is 4.98 Å². The van der Waals surface area contributed by atoms with Gasteiger partial charge in [-0.25, -0.2) is 9.97 Å². The second kappa shape index (κ2) is 8.61. The van der Waals surface area contributed by atoms with E-state index in [2.05, 4.69) is 25.6 Å². The van der Waals surface area contributed by atoms with E-state index in [1.807, 2.05) is 24.3 Å². The Kier molecular flexibility index (Phi) is 5.78. The first-order valence-electron chi connectivity index (χ1n) is 8.20. The van der Waals surface area contributed by atoms with Crippen molar-refractivity contribution in [2.75, 3.05) is 31.4 Å². The van der Waals surface area contributed by atoms with E-state index in [9.17, 15) is 4.79 Å². The number of carbonyl (C=O) groups excluding carboxylic acids is 1. The predicted octanol–water partition coefficient (Wildman–Crippen LogP) is 2.93. The molecule has 8 heteroatoms. The second-order valence-electron chi connectivity index (χ2n) is 5.47. The maximum Gasteiger partial charge on any atom is 0.231 e. The molecule has 0 aliphatic rings. The highest BCUT2D eigenvalue weighted by atomic mass is 16.5. The maximum atomic E-state index is 12.1. The summed E-state index contributed by atoms with van der Waals surface area (Å²) in [5, 5.41) is 5.98. The minimum absolute atomic E-state index is 0.0505. The summed E-state index contributed by atoms with van der Waals surface area (Å²) >= 11 is 0. The third kappa shape index (κ3) is 4.69. The van der Waals surface area contributed by atoms with Crippen LogP contribution in [0.1, 0.15) is 10.4 Å². The van der Waals surface area contributed by atoms with Crippen molar-refractivity contribution in [2.45, 2.75) is 0 Å². The second-order valence-corrected chi connectivity index (χ2v) is 5.47. The van der Waals surface area contributed by atoms with E-state index < -0.39 is 0 Å². The molecule has 138 valence electrons. The molecule has 0 aliphatic heterocycles. The summed E-state index contributed by atoms with van der Waals surface area (Å²) in [6, 6.07) is 14.4. The number of nitrogens with zero attached hydrogens (tertiary/aromatic N) is 3. The number of benzene rings is 2. The summed E-state index contributed by atoms with van der Waals surface area (Å²) in [6.45, 7) is 0.0871. The van der Waals surface area contributed by atoms with Crippen molar-refractivity contribution in [3.63, 3.8) is 0 Å². The normalized spacial score (nSPS) is 10.1. The Bertz CT molecular complexity index is 918. The Labute approximate surface area is 156 Å². The average Bonchev–Trinajstić information content (AvgIpc) is 2.73. The van der Waals surface area contributed by atoms with Crippen LogP contribution in [0.15, 0.2) is 54.9 Å². The summed E-state index contributed by atoms with van der Waals surface area (Å²) in [7, 11) is 3.14. The first-order chi connectivity index (χ1) is 13.2. The molecule has 0 saturated carbocycles. The van der Waals surface area contributed by atoms with E-state index in [0.29, 0.717) is 29.0 Å². The smallest absolute Gasteiger partial charge is 0.231 e. The van der Waals surface area contributed by atoms with Crippen molar-refractivity contribution in [3.8, 4) is 11.5 Å². The van der Waals surface area contributed by atoms with Crippen LogP contribution in [0.3, 0.4) is 0 Å². The number of aromatic nitrogens is 3. The lowest BCUT2D eigenvalue weighted by molar-refractivity contribution is 0.101. The van der Waals surface area contributed by atoms with Crippen LogP contribution >= 0.6 is 0 Å². The van der Waals surface area contributed by atoms with E-state index in [-0.39, 0.29) is 12.3 Å². The van der Waals surface area contributed by atoms with Gasteiger partial charge in [0.2, 0.25) is 11.9 Å². The lowest BCUT2D eigenvalue weighted by Gasteiger charge is -2.11. The van der Waals surface area contributed by atoms with Gasteiger partial charge < -0.3 is 20.1 Å². The van der Waals surface area contributed by atoms with Crippen LogP contribution in [0.2, 0.25) is 0 Å². The number of carbonyl (C=O) groups is 1. The predicted molar refractivity (Wildman–Crippen MR) is 102 cm³/mol. The first kappa shape index (κ1) is 18.1. The van der Waals surface area contributed by atoms with Gasteiger partial charge in [-0.15, -0.1) is 0 Å². The average molecular weight is 365 g/mol. The van der Waals surface area contributed by atoms with Gasteiger partial charge in [0, 0.05) is 17.3 Å². The Morgan fingerprint density at radius 2 is 1.70 bits per heavy atom. The van der Waals surface area contributed by atoms with E-state index in [1.165, 1.54) is 6.33 Å². The molecule has 0 saturated heterocycles. The Hall–Kier alpha value is -3.68. The molecule has 0 fully saturated rings. The molecular weight excluding hydrogens is 346 g/mol. The number of rotatable bonds is 8. The molecule has 2 N–H and O–H groups in total. The summed E-state index contributed by atoms with van der Waals surface area (Å²) in [6.07, 6.45) is 1.37. The van der Waals surface area contributed by atoms with E-state index >= 15 is 0 Å². The molecule has 3 rings (SSSR count). The van der Waals surface area contributed by atoms with Crippen molar-refractivity contribution in [2.24, 2.45) is 0 Å². The van der Waals surface area contributed by atoms with Gasteiger partial charge in [0.15, 0.2) is 17.3 Å². The molecular formula is C19H19N5O3. The Morgan fingerprint density at radius 3 is 2.44 bits per heavy atom. The molecule has 3 aromatic rings. The van der Waals surface area contributed by atoms with Gasteiger partial charge >= 0.3 is 0 Å². The van der Waals surface area contributed by atoms with Crippen molar-refractivity contribution in [1.29, 1.82) is 0 Å². The fraction of sp³-hybridized carbons (Fsp3) is 0.158. The number of Topliss-reactive ketones (excluding diaryl/α,β-unsaturated/α-hetero) is 1. The summed E-state index contributed by atoms with van der Waals surface area (Å²) < 4.78 is 10.5. The van der Waals surface area contributed by atoms with Crippen molar-refractivity contribution >= 4 is 23.4 Å². The Balaban J connectivity index is 1.66. The van der Waals surface area contributed by atoms with Gasteiger partial charge in [0.25, 0.3) is 0 Å². The summed E-state index contributed by atoms with van der Waals surface area (Å²) in [5.41, 5.74) is 1.35. The van der Waals surface area contributed by atoms with Gasteiger partial charge in [0.05, 0.1) is 20.8 Å². The number of ketones is 1. The summed E-state index contributed by atoms with van der Waals surface area (Å²) in [5.74, 6) is 1.80. The molecule has 8 nitrogen and oxygen atoms in total. The maximum absolute atomic E-state index is 12.1. The Morgan fingerprint density at radius 1 is 0.963 bits per heavy atom. The molecule has 1 heterocycles. The molecule has 0 aliphatic carbocycles. The van der Waals surface area contributed by atoms with Gasteiger partial charge in [-0.1, -0.05) is 30.3 Å². The van der Waals surface area contributed by atoms with E-state index in [4.69, 9.17) is 9.47 Å². The zero-order chi connectivity index (χ0) is 19.1. The fourth-order valence-electron chi connectivity index (χ4n) is 2.37. The highest BCUT2D eigenvalue weighted by Crippen LogP contribution is 2.30. The van der Waals surface area contributed by atoms with Crippen molar-refractivity contribution in [3.05, 3.63) is 60.4 Å². The third-order valence-corrected chi connectivity index (χ3v) is 3.71. The van der Waals surface area contributed by atoms with E-state index in [0.717, 1.165) is 5.69 Å². The highest BCUT2D eigenvalue weighted by molar-refractivity contribution is 5.98. The largest absolute Gasteiger partial charge is 0.493 e. The monoisotopic (exact) mass is 365 g/mol. The highest BCUT2D eigenvalue weighted by Gasteiger charge is 2.08. The third-order valence-electron chi connectivity index (χ3n) is 3.71. The van der Waals surface area contributed by atoms with Gasteiger partial charge in [0.1, 0.15) is 6.33 Å². The lowest BCUT2D eigenvalue weighted by atomic mass is 10.1. The SMILES string of the molecule is COc1ccc(Nc2ncnc(NCC(=O)c3ccccc3)n2)cc1OC. The van der Waals surface area contributed by atoms with Crippen molar-refractivity contribution < 1.29 is 14.3 Å². The van der Waals surface area contributed by atoms with Crippen LogP contribution < -0.4 is 20.1 Å². The summed E-state index contributed by atoms with van der Waals surface area (Å²) in [4.78, 5) is 24.5. The molecule has 0 radical (unpaired) electrons. The minimum atomic E-state index is -0.0505. The zero-order valence-electron chi connectivity index (χ0n) is 15.0. The molecule has 0 bridgehead atoms. The molecule has 27 heavy (non-hydrogen) atoms. The molecule has 0 unspecified atom stereocenters. The molecule has 0 amide bonds. The standard InChI is InChI=1S/C19H19N5O3/c1-26-16-9-8-14(10-17(16)27-2)23-19-22-12-21-18(24-19)20-11-15(25)13-6-4-3-5-7-13/h3-10,12H,11H2,1-2H3,(H2,20,21,22,23,24). The van der Waals surface area contributed by atoms with Crippen LogP contribution in [0.5, 0.6) is 11.5 Å². The van der Waals surface area contributed by atoms with Crippen molar-refractivity contribution in [1.82, 2.24) is 15.0 Å². The van der Waals surface area contributed by atoms with Crippen LogP contribution in [0.25, 0.3) is 0 Å². The van der Waals surface area contributed by atoms with Crippen LogP contribution in [0.4, 0.5) is 17.6 Å². The number of hydrogen-bond donors (Lipinski definition) is 2. The van der Waals surface area contributed by atoms with Gasteiger partial charge in [-0.05, 0) is 12.1 Å². The minimum Gasteiger partial charge on any atom is -0.493 e. The molecule has 2 aromatic carbocycles. The lowest BCUT2D eigenvalue weighted by Crippen LogP contribution is -2.16. The molecule has 0 spiro atoms. The topological polar surface area (TPSA) is 98.3 Å². The number of nitrogens with one attached hydrogen (secondary N) is 2. The number of ether oxygens (including phenoxy) is 2. The van der Waals surface area contributed by atoms with Crippen LogP contribution in [-0.4, -0.2) is 41.5 Å². The zero-order valence-corrected chi connectivity index (χ0v) is 15.0. The van der Waals surface area contributed by atoms with Crippen LogP contribution in [0, 0.1) is 0 Å². The molecule has 0 atom stereocenters. The fourth-order valence-corrected chi connectivity index (χ4v) is 2.37.